The lowest BCUT2D eigenvalue weighted by Crippen LogP contribution is -2.35. The first-order valence-corrected chi connectivity index (χ1v) is 7.07. The molecule has 0 fully saturated rings. The number of hydrogen-bond acceptors (Lipinski definition) is 5. The van der Waals surface area contributed by atoms with E-state index in [1.807, 2.05) is 0 Å². The minimum atomic E-state index is -0.202. The first-order chi connectivity index (χ1) is 10.2. The van der Waals surface area contributed by atoms with Gasteiger partial charge in [-0.1, -0.05) is 13.8 Å². The number of imidazole rings is 1. The van der Waals surface area contributed by atoms with Crippen LogP contribution in [-0.4, -0.2) is 56.7 Å². The Labute approximate surface area is 124 Å². The third kappa shape index (κ3) is 4.09. The summed E-state index contributed by atoms with van der Waals surface area (Å²) >= 11 is 0. The van der Waals surface area contributed by atoms with E-state index in [1.165, 1.54) is 0 Å². The van der Waals surface area contributed by atoms with Crippen molar-refractivity contribution in [2.24, 2.45) is 0 Å². The number of nitrogens with zero attached hydrogens (tertiary/aromatic N) is 5. The lowest BCUT2D eigenvalue weighted by Gasteiger charge is -2.17. The number of likely N-dealkylation sites (N-methyl/N-ethyl adjacent to an activating group) is 1. The van der Waals surface area contributed by atoms with E-state index in [0.717, 1.165) is 19.6 Å². The normalized spacial score (nSPS) is 10.8. The average Bonchev–Trinajstić information content (AvgIpc) is 3.06. The van der Waals surface area contributed by atoms with Gasteiger partial charge in [0.05, 0.1) is 0 Å². The van der Waals surface area contributed by atoms with Gasteiger partial charge >= 0.3 is 0 Å². The van der Waals surface area contributed by atoms with E-state index >= 15 is 0 Å². The molecule has 2 aromatic rings. The van der Waals surface area contributed by atoms with Crippen LogP contribution in [0.25, 0.3) is 5.82 Å². The van der Waals surface area contributed by atoms with Gasteiger partial charge in [0, 0.05) is 25.5 Å². The maximum Gasteiger partial charge on any atom is 0.271 e. The second-order valence-electron chi connectivity index (χ2n) is 4.53. The highest BCUT2D eigenvalue weighted by molar-refractivity contribution is 5.92. The molecule has 1 amide bonds. The number of carbonyl (C=O) groups excluding carboxylic acids is 1. The van der Waals surface area contributed by atoms with E-state index in [-0.39, 0.29) is 5.91 Å². The lowest BCUT2D eigenvalue weighted by molar-refractivity contribution is 0.0943. The molecule has 0 saturated heterocycles. The van der Waals surface area contributed by atoms with Crippen LogP contribution in [0.1, 0.15) is 24.3 Å². The molecule has 0 bridgehead atoms. The number of aromatic nitrogens is 4. The van der Waals surface area contributed by atoms with E-state index in [1.54, 1.807) is 35.4 Å². The van der Waals surface area contributed by atoms with Crippen molar-refractivity contribution >= 4 is 5.91 Å². The van der Waals surface area contributed by atoms with Crippen molar-refractivity contribution < 1.29 is 4.79 Å². The summed E-state index contributed by atoms with van der Waals surface area (Å²) in [6.07, 6.45) is 5.07. The quantitative estimate of drug-likeness (QED) is 0.813. The molecule has 2 rings (SSSR count). The van der Waals surface area contributed by atoms with E-state index in [4.69, 9.17) is 0 Å². The lowest BCUT2D eigenvalue weighted by atomic mass is 10.3. The Kier molecular flexibility index (Phi) is 5.39. The molecule has 2 aromatic heterocycles. The van der Waals surface area contributed by atoms with Crippen LogP contribution in [0.3, 0.4) is 0 Å². The fraction of sp³-hybridized carbons (Fsp3) is 0.429. The molecule has 0 aromatic carbocycles. The average molecular weight is 288 g/mol. The first-order valence-electron chi connectivity index (χ1n) is 7.07. The van der Waals surface area contributed by atoms with Crippen LogP contribution in [-0.2, 0) is 0 Å². The molecular formula is C14H20N6O. The summed E-state index contributed by atoms with van der Waals surface area (Å²) in [5, 5.41) is 10.8. The van der Waals surface area contributed by atoms with Crippen LogP contribution in [0.5, 0.6) is 0 Å². The molecule has 0 spiro atoms. The monoisotopic (exact) mass is 288 g/mol. The zero-order chi connectivity index (χ0) is 15.1. The minimum Gasteiger partial charge on any atom is -0.349 e. The van der Waals surface area contributed by atoms with Gasteiger partial charge < -0.3 is 10.2 Å². The van der Waals surface area contributed by atoms with Gasteiger partial charge in [0.25, 0.3) is 5.91 Å². The van der Waals surface area contributed by atoms with Crippen molar-refractivity contribution in [3.63, 3.8) is 0 Å². The van der Waals surface area contributed by atoms with Crippen molar-refractivity contribution in [2.75, 3.05) is 26.2 Å². The SMILES string of the molecule is CCN(CC)CCNC(=O)c1ccc(-n2ccnc2)nn1. The van der Waals surface area contributed by atoms with Gasteiger partial charge in [-0.15, -0.1) is 10.2 Å². The van der Waals surface area contributed by atoms with Gasteiger partial charge in [-0.3, -0.25) is 9.36 Å². The molecule has 0 aliphatic carbocycles. The van der Waals surface area contributed by atoms with Crippen LogP contribution in [0, 0.1) is 0 Å². The predicted molar refractivity (Wildman–Crippen MR) is 79.3 cm³/mol. The summed E-state index contributed by atoms with van der Waals surface area (Å²) in [6, 6.07) is 3.41. The maximum atomic E-state index is 11.9. The topological polar surface area (TPSA) is 75.9 Å². The summed E-state index contributed by atoms with van der Waals surface area (Å²) in [4.78, 5) is 18.1. The number of nitrogens with one attached hydrogen (secondary N) is 1. The molecule has 1 N–H and O–H groups in total. The second kappa shape index (κ2) is 7.49. The highest BCUT2D eigenvalue weighted by Gasteiger charge is 2.08. The highest BCUT2D eigenvalue weighted by atomic mass is 16.1. The molecule has 0 atom stereocenters. The minimum absolute atomic E-state index is 0.202. The molecule has 21 heavy (non-hydrogen) atoms. The van der Waals surface area contributed by atoms with E-state index in [0.29, 0.717) is 18.1 Å². The fourth-order valence-electron chi connectivity index (χ4n) is 1.94. The Morgan fingerprint density at radius 2 is 2.10 bits per heavy atom. The van der Waals surface area contributed by atoms with Crippen molar-refractivity contribution in [3.8, 4) is 5.82 Å². The molecule has 7 nitrogen and oxygen atoms in total. The van der Waals surface area contributed by atoms with E-state index in [9.17, 15) is 4.79 Å². The van der Waals surface area contributed by atoms with Crippen molar-refractivity contribution in [2.45, 2.75) is 13.8 Å². The van der Waals surface area contributed by atoms with Gasteiger partial charge in [-0.2, -0.15) is 0 Å². The molecule has 0 radical (unpaired) electrons. The third-order valence-electron chi connectivity index (χ3n) is 3.26. The predicted octanol–water partition coefficient (Wildman–Crippen LogP) is 0.734. The number of amides is 1. The Balaban J connectivity index is 1.88. The van der Waals surface area contributed by atoms with Gasteiger partial charge in [0.2, 0.25) is 0 Å². The van der Waals surface area contributed by atoms with E-state index < -0.39 is 0 Å². The van der Waals surface area contributed by atoms with Crippen molar-refractivity contribution in [1.29, 1.82) is 0 Å². The van der Waals surface area contributed by atoms with Crippen LogP contribution in [0.4, 0.5) is 0 Å². The smallest absolute Gasteiger partial charge is 0.271 e. The summed E-state index contributed by atoms with van der Waals surface area (Å²) in [7, 11) is 0. The molecule has 7 heteroatoms. The van der Waals surface area contributed by atoms with Crippen LogP contribution in [0.2, 0.25) is 0 Å². The van der Waals surface area contributed by atoms with Gasteiger partial charge in [-0.05, 0) is 25.2 Å². The number of rotatable bonds is 7. The van der Waals surface area contributed by atoms with Gasteiger partial charge in [0.15, 0.2) is 11.5 Å². The molecule has 0 saturated carbocycles. The third-order valence-corrected chi connectivity index (χ3v) is 3.26. The number of carbonyl (C=O) groups is 1. The molecule has 2 heterocycles. The molecule has 0 aliphatic heterocycles. The van der Waals surface area contributed by atoms with Crippen LogP contribution in [0.15, 0.2) is 30.9 Å². The van der Waals surface area contributed by atoms with Gasteiger partial charge in [-0.25, -0.2) is 4.98 Å². The Morgan fingerprint density at radius 1 is 1.29 bits per heavy atom. The zero-order valence-electron chi connectivity index (χ0n) is 12.4. The van der Waals surface area contributed by atoms with Crippen LogP contribution < -0.4 is 5.32 Å². The molecule has 112 valence electrons. The van der Waals surface area contributed by atoms with Gasteiger partial charge in [0.1, 0.15) is 6.33 Å². The second-order valence-corrected chi connectivity index (χ2v) is 4.53. The summed E-state index contributed by atoms with van der Waals surface area (Å²) in [5.41, 5.74) is 0.318. The maximum absolute atomic E-state index is 11.9. The molecule has 0 aliphatic rings. The first kappa shape index (κ1) is 15.1. The fourth-order valence-corrected chi connectivity index (χ4v) is 1.94. The Morgan fingerprint density at radius 3 is 2.67 bits per heavy atom. The largest absolute Gasteiger partial charge is 0.349 e. The summed E-state index contributed by atoms with van der Waals surface area (Å²) in [5.74, 6) is 0.430. The van der Waals surface area contributed by atoms with Crippen molar-refractivity contribution in [3.05, 3.63) is 36.5 Å². The highest BCUT2D eigenvalue weighted by Crippen LogP contribution is 2.02. The summed E-state index contributed by atoms with van der Waals surface area (Å²) in [6.45, 7) is 7.60. The zero-order valence-corrected chi connectivity index (χ0v) is 12.4. The number of hydrogen-bond donors (Lipinski definition) is 1. The standard InChI is InChI=1S/C14H20N6O/c1-3-19(4-2)9-8-16-14(21)12-5-6-13(18-17-12)20-10-7-15-11-20/h5-7,10-11H,3-4,8-9H2,1-2H3,(H,16,21). The van der Waals surface area contributed by atoms with Crippen LogP contribution >= 0.6 is 0 Å². The Bertz CT molecular complexity index is 547. The summed E-state index contributed by atoms with van der Waals surface area (Å²) < 4.78 is 1.73. The molecule has 0 unspecified atom stereocenters. The van der Waals surface area contributed by atoms with E-state index in [2.05, 4.69) is 39.2 Å². The Hall–Kier alpha value is -2.28. The molecular weight excluding hydrogens is 268 g/mol. The van der Waals surface area contributed by atoms with Crippen molar-refractivity contribution in [1.82, 2.24) is 30.0 Å².